The average molecular weight is 257 g/mol. The molecule has 0 bridgehead atoms. The lowest BCUT2D eigenvalue weighted by atomic mass is 10.3. The molecule has 2 nitrogen and oxygen atoms in total. The van der Waals surface area contributed by atoms with Crippen LogP contribution in [-0.4, -0.2) is 44.5 Å². The molecule has 0 amide bonds. The smallest absolute Gasteiger partial charge is 0.146 e. The van der Waals surface area contributed by atoms with Gasteiger partial charge in [0.25, 0.3) is 0 Å². The Bertz CT molecular complexity index is 276. The van der Waals surface area contributed by atoms with Crippen molar-refractivity contribution in [2.24, 2.45) is 0 Å². The first-order valence-corrected chi connectivity index (χ1v) is 13.3. The molecule has 0 aromatic heterocycles. The third kappa shape index (κ3) is 2.71. The predicted molar refractivity (Wildman–Crippen MR) is 78.7 cm³/mol. The Morgan fingerprint density at radius 1 is 0.938 bits per heavy atom. The molecule has 0 spiro atoms. The molecule has 0 fully saturated rings. The highest BCUT2D eigenvalue weighted by molar-refractivity contribution is 6.81. The molecule has 1 aliphatic rings. The first-order chi connectivity index (χ1) is 7.05. The molecule has 0 saturated carbocycles. The minimum Gasteiger partial charge on any atom is -0.400 e. The molecule has 0 saturated heterocycles. The van der Waals surface area contributed by atoms with E-state index in [2.05, 4.69) is 75.1 Å². The fourth-order valence-corrected chi connectivity index (χ4v) is 9.13. The molecule has 94 valence electrons. The summed E-state index contributed by atoms with van der Waals surface area (Å²) in [5.74, 6) is 0. The van der Waals surface area contributed by atoms with Crippen molar-refractivity contribution in [3.8, 4) is 0 Å². The van der Waals surface area contributed by atoms with E-state index in [1.165, 1.54) is 0 Å². The maximum atomic E-state index is 2.71. The molecule has 0 radical (unpaired) electrons. The lowest BCUT2D eigenvalue weighted by Gasteiger charge is -2.53. The van der Waals surface area contributed by atoms with Crippen LogP contribution in [0.5, 0.6) is 0 Å². The zero-order chi connectivity index (χ0) is 12.7. The number of hydrogen-bond acceptors (Lipinski definition) is 2. The van der Waals surface area contributed by atoms with Crippen molar-refractivity contribution in [3.05, 3.63) is 12.4 Å². The standard InChI is InChI=1S/C12H28N2Si2/c1-11-12(15(3,4)5)14(16(6,7)8)10-9-13(11)2/h9-12H,1-8H3. The third-order valence-corrected chi connectivity index (χ3v) is 8.29. The number of rotatable bonds is 2. The highest BCUT2D eigenvalue weighted by Gasteiger charge is 2.42. The fraction of sp³-hybridized carbons (Fsp3) is 0.833. The molecule has 0 aliphatic carbocycles. The summed E-state index contributed by atoms with van der Waals surface area (Å²) < 4.78 is 2.71. The van der Waals surface area contributed by atoms with Crippen LogP contribution in [0, 0.1) is 0 Å². The summed E-state index contributed by atoms with van der Waals surface area (Å²) in [4.78, 5) is 2.37. The van der Waals surface area contributed by atoms with Gasteiger partial charge in [0.2, 0.25) is 0 Å². The van der Waals surface area contributed by atoms with Crippen molar-refractivity contribution < 1.29 is 0 Å². The van der Waals surface area contributed by atoms with Crippen LogP contribution in [0.4, 0.5) is 0 Å². The molecule has 1 aliphatic heterocycles. The van der Waals surface area contributed by atoms with Crippen LogP contribution < -0.4 is 0 Å². The predicted octanol–water partition coefficient (Wildman–Crippen LogP) is 3.17. The normalized spacial score (nSPS) is 27.5. The van der Waals surface area contributed by atoms with E-state index in [0.717, 1.165) is 5.67 Å². The van der Waals surface area contributed by atoms with Crippen LogP contribution >= 0.6 is 0 Å². The highest BCUT2D eigenvalue weighted by atomic mass is 28.3. The van der Waals surface area contributed by atoms with Crippen LogP contribution in [0.2, 0.25) is 39.3 Å². The van der Waals surface area contributed by atoms with E-state index < -0.39 is 16.3 Å². The van der Waals surface area contributed by atoms with Crippen molar-refractivity contribution in [1.29, 1.82) is 0 Å². The van der Waals surface area contributed by atoms with Gasteiger partial charge in [0.15, 0.2) is 0 Å². The topological polar surface area (TPSA) is 6.48 Å². The van der Waals surface area contributed by atoms with Gasteiger partial charge in [-0.15, -0.1) is 0 Å². The summed E-state index contributed by atoms with van der Waals surface area (Å²) in [7, 11) is -0.208. The third-order valence-electron chi connectivity index (χ3n) is 3.52. The number of likely N-dealkylation sites (N-methyl/N-ethyl adjacent to an activating group) is 1. The van der Waals surface area contributed by atoms with Crippen molar-refractivity contribution in [2.45, 2.75) is 57.9 Å². The van der Waals surface area contributed by atoms with E-state index >= 15 is 0 Å². The Balaban J connectivity index is 3.11. The van der Waals surface area contributed by atoms with Gasteiger partial charge in [-0.1, -0.05) is 39.3 Å². The zero-order valence-electron chi connectivity index (χ0n) is 12.2. The van der Waals surface area contributed by atoms with Crippen molar-refractivity contribution in [1.82, 2.24) is 9.47 Å². The number of hydrogen-bond donors (Lipinski definition) is 0. The van der Waals surface area contributed by atoms with Gasteiger partial charge in [-0.05, 0) is 6.92 Å². The van der Waals surface area contributed by atoms with Gasteiger partial charge in [-0.2, -0.15) is 0 Å². The number of nitrogens with zero attached hydrogens (tertiary/aromatic N) is 2. The van der Waals surface area contributed by atoms with Gasteiger partial charge in [0, 0.05) is 31.2 Å². The van der Waals surface area contributed by atoms with Gasteiger partial charge >= 0.3 is 0 Å². The molecule has 0 aromatic carbocycles. The van der Waals surface area contributed by atoms with E-state index in [1.807, 2.05) is 0 Å². The zero-order valence-corrected chi connectivity index (χ0v) is 14.2. The Morgan fingerprint density at radius 3 is 1.81 bits per heavy atom. The van der Waals surface area contributed by atoms with E-state index in [9.17, 15) is 0 Å². The largest absolute Gasteiger partial charge is 0.400 e. The summed E-state index contributed by atoms with van der Waals surface area (Å²) in [6.45, 7) is 17.2. The molecule has 2 atom stereocenters. The molecule has 1 heterocycles. The lowest BCUT2D eigenvalue weighted by molar-refractivity contribution is 0.244. The van der Waals surface area contributed by atoms with E-state index in [0.29, 0.717) is 6.04 Å². The second-order valence-corrected chi connectivity index (χ2v) is 17.3. The van der Waals surface area contributed by atoms with Crippen LogP contribution in [0.3, 0.4) is 0 Å². The summed E-state index contributed by atoms with van der Waals surface area (Å²) in [6.07, 6.45) is 4.59. The minimum absolute atomic E-state index is 0.642. The van der Waals surface area contributed by atoms with Crippen molar-refractivity contribution >= 4 is 16.3 Å². The van der Waals surface area contributed by atoms with Crippen LogP contribution in [0.15, 0.2) is 12.4 Å². The highest BCUT2D eigenvalue weighted by Crippen LogP contribution is 2.29. The quantitative estimate of drug-likeness (QED) is 0.700. The minimum atomic E-state index is -1.25. The molecule has 0 aromatic rings. The monoisotopic (exact) mass is 256 g/mol. The molecular formula is C12H28N2Si2. The van der Waals surface area contributed by atoms with Gasteiger partial charge in [0.1, 0.15) is 8.24 Å². The van der Waals surface area contributed by atoms with Gasteiger partial charge in [-0.3, -0.25) is 0 Å². The molecule has 2 unspecified atom stereocenters. The second kappa shape index (κ2) is 4.22. The first kappa shape index (κ1) is 13.8. The van der Waals surface area contributed by atoms with E-state index in [-0.39, 0.29) is 0 Å². The van der Waals surface area contributed by atoms with Crippen LogP contribution in [0.25, 0.3) is 0 Å². The summed E-state index contributed by atoms with van der Waals surface area (Å²) in [6, 6.07) is 0.642. The Labute approximate surface area is 103 Å². The van der Waals surface area contributed by atoms with Gasteiger partial charge < -0.3 is 9.47 Å². The molecule has 16 heavy (non-hydrogen) atoms. The Morgan fingerprint density at radius 2 is 1.44 bits per heavy atom. The van der Waals surface area contributed by atoms with Crippen LogP contribution in [0.1, 0.15) is 6.92 Å². The molecule has 4 heteroatoms. The van der Waals surface area contributed by atoms with Crippen molar-refractivity contribution in [2.75, 3.05) is 7.05 Å². The van der Waals surface area contributed by atoms with Gasteiger partial charge in [0.05, 0.1) is 8.07 Å². The maximum absolute atomic E-state index is 2.71. The fourth-order valence-electron chi connectivity index (χ4n) is 2.64. The average Bonchev–Trinajstić information content (AvgIpc) is 2.05. The van der Waals surface area contributed by atoms with E-state index in [4.69, 9.17) is 0 Å². The van der Waals surface area contributed by atoms with E-state index in [1.54, 1.807) is 0 Å². The molecule has 1 rings (SSSR count). The summed E-state index contributed by atoms with van der Waals surface area (Å²) >= 11 is 0. The summed E-state index contributed by atoms with van der Waals surface area (Å²) in [5, 5.41) is 0. The molecular weight excluding hydrogens is 228 g/mol. The summed E-state index contributed by atoms with van der Waals surface area (Å²) in [5.41, 5.74) is 0.745. The van der Waals surface area contributed by atoms with Crippen LogP contribution in [-0.2, 0) is 0 Å². The Hall–Kier alpha value is -0.226. The maximum Gasteiger partial charge on any atom is 0.146 e. The SMILES string of the molecule is CC1C([Si](C)(C)C)N([Si](C)(C)C)C=CN1C. The first-order valence-electron chi connectivity index (χ1n) is 6.24. The Kier molecular flexibility index (Phi) is 3.65. The lowest BCUT2D eigenvalue weighted by Crippen LogP contribution is -2.66. The van der Waals surface area contributed by atoms with Gasteiger partial charge in [-0.25, -0.2) is 0 Å². The second-order valence-electron chi connectivity index (χ2n) is 7.09. The molecule has 0 N–H and O–H groups in total. The van der Waals surface area contributed by atoms with Crippen molar-refractivity contribution in [3.63, 3.8) is 0 Å².